The van der Waals surface area contributed by atoms with E-state index in [9.17, 15) is 19.5 Å². The lowest BCUT2D eigenvalue weighted by Crippen LogP contribution is -2.57. The van der Waals surface area contributed by atoms with Crippen LogP contribution < -0.4 is 10.6 Å². The summed E-state index contributed by atoms with van der Waals surface area (Å²) in [6.07, 6.45) is 6.52. The van der Waals surface area contributed by atoms with E-state index in [1.54, 1.807) is 4.90 Å². The normalized spacial score (nSPS) is 33.2. The Morgan fingerprint density at radius 2 is 1.85 bits per heavy atom. The zero-order valence-electron chi connectivity index (χ0n) is 18.9. The molecule has 2 unspecified atom stereocenters. The Bertz CT molecular complexity index is 903. The molecule has 0 aromatic heterocycles. The third kappa shape index (κ3) is 3.83. The lowest BCUT2D eigenvalue weighted by atomic mass is 9.70. The van der Waals surface area contributed by atoms with Crippen molar-refractivity contribution in [3.8, 4) is 0 Å². The van der Waals surface area contributed by atoms with Crippen LogP contribution in [0.25, 0.3) is 0 Å². The van der Waals surface area contributed by atoms with Gasteiger partial charge in [0, 0.05) is 24.9 Å². The summed E-state index contributed by atoms with van der Waals surface area (Å²) in [5.41, 5.74) is -0.303. The molecule has 1 saturated carbocycles. The molecule has 5 atom stereocenters. The molecule has 33 heavy (non-hydrogen) atoms. The van der Waals surface area contributed by atoms with E-state index in [1.165, 1.54) is 6.42 Å². The third-order valence-electron chi connectivity index (χ3n) is 7.90. The molecule has 1 aromatic carbocycles. The zero-order valence-corrected chi connectivity index (χ0v) is 18.9. The summed E-state index contributed by atoms with van der Waals surface area (Å²) in [7, 11) is 0. The van der Waals surface area contributed by atoms with Crippen LogP contribution in [0.15, 0.2) is 30.3 Å². The first kappa shape index (κ1) is 22.3. The van der Waals surface area contributed by atoms with Gasteiger partial charge < -0.3 is 25.4 Å². The first-order valence-corrected chi connectivity index (χ1v) is 12.3. The molecule has 1 aromatic rings. The van der Waals surface area contributed by atoms with Crippen molar-refractivity contribution in [2.24, 2.45) is 11.8 Å². The van der Waals surface area contributed by atoms with Crippen molar-refractivity contribution in [2.45, 2.75) is 75.2 Å². The number of nitrogens with zero attached hydrogens (tertiary/aromatic N) is 1. The van der Waals surface area contributed by atoms with Gasteiger partial charge in [0.1, 0.15) is 11.6 Å². The Morgan fingerprint density at radius 3 is 2.58 bits per heavy atom. The highest BCUT2D eigenvalue weighted by Crippen LogP contribution is 2.58. The average Bonchev–Trinajstić information content (AvgIpc) is 3.46. The van der Waals surface area contributed by atoms with Crippen LogP contribution in [0, 0.1) is 11.8 Å². The number of benzene rings is 1. The molecule has 3 aliphatic heterocycles. The smallest absolute Gasteiger partial charge is 0.246 e. The van der Waals surface area contributed by atoms with Gasteiger partial charge in [-0.25, -0.2) is 0 Å². The van der Waals surface area contributed by atoms with Crippen molar-refractivity contribution in [1.29, 1.82) is 0 Å². The lowest BCUT2D eigenvalue weighted by Gasteiger charge is -2.35. The van der Waals surface area contributed by atoms with E-state index >= 15 is 0 Å². The van der Waals surface area contributed by atoms with E-state index in [2.05, 4.69) is 10.6 Å². The van der Waals surface area contributed by atoms with Gasteiger partial charge in [0.2, 0.25) is 17.7 Å². The predicted molar refractivity (Wildman–Crippen MR) is 121 cm³/mol. The Kier molecular flexibility index (Phi) is 6.14. The van der Waals surface area contributed by atoms with Gasteiger partial charge in [-0.15, -0.1) is 0 Å². The van der Waals surface area contributed by atoms with Crippen LogP contribution in [0.3, 0.4) is 0 Å². The van der Waals surface area contributed by atoms with Crippen LogP contribution in [0.4, 0.5) is 5.69 Å². The molecule has 3 N–H and O–H groups in total. The van der Waals surface area contributed by atoms with Crippen molar-refractivity contribution in [2.75, 3.05) is 18.5 Å². The minimum atomic E-state index is -0.978. The van der Waals surface area contributed by atoms with Gasteiger partial charge in [0.15, 0.2) is 0 Å². The number of carbonyl (C=O) groups is 3. The first-order chi connectivity index (χ1) is 16.0. The molecule has 3 saturated heterocycles. The lowest BCUT2D eigenvalue weighted by molar-refractivity contribution is -0.142. The number of amides is 3. The number of rotatable bonds is 7. The van der Waals surface area contributed by atoms with Gasteiger partial charge in [0.05, 0.1) is 17.9 Å². The molecule has 178 valence electrons. The predicted octanol–water partition coefficient (Wildman–Crippen LogP) is 1.83. The minimum absolute atomic E-state index is 0.0696. The minimum Gasteiger partial charge on any atom is -0.396 e. The van der Waals surface area contributed by atoms with E-state index in [4.69, 9.17) is 4.74 Å². The Morgan fingerprint density at radius 1 is 1.09 bits per heavy atom. The van der Waals surface area contributed by atoms with E-state index in [1.807, 2.05) is 30.3 Å². The third-order valence-corrected chi connectivity index (χ3v) is 7.90. The maximum Gasteiger partial charge on any atom is 0.246 e. The van der Waals surface area contributed by atoms with Crippen LogP contribution in [0.2, 0.25) is 0 Å². The molecule has 8 heteroatoms. The quantitative estimate of drug-likeness (QED) is 0.581. The Labute approximate surface area is 194 Å². The fourth-order valence-electron chi connectivity index (χ4n) is 6.51. The molecule has 3 heterocycles. The highest BCUT2D eigenvalue weighted by Gasteiger charge is 2.74. The number of carbonyl (C=O) groups excluding carboxylic acids is 3. The van der Waals surface area contributed by atoms with Gasteiger partial charge in [-0.3, -0.25) is 14.4 Å². The second-order valence-electron chi connectivity index (χ2n) is 9.86. The number of ether oxygens (including phenoxy) is 1. The number of hydrogen-bond donors (Lipinski definition) is 3. The zero-order chi connectivity index (χ0) is 23.0. The van der Waals surface area contributed by atoms with Crippen LogP contribution in [-0.4, -0.2) is 64.7 Å². The molecule has 1 aliphatic carbocycles. The van der Waals surface area contributed by atoms with Crippen molar-refractivity contribution >= 4 is 23.4 Å². The van der Waals surface area contributed by atoms with Crippen LogP contribution in [0.5, 0.6) is 0 Å². The summed E-state index contributed by atoms with van der Waals surface area (Å²) in [5.74, 6) is -1.93. The second kappa shape index (κ2) is 9.06. The standard InChI is InChI=1S/C25H33N3O5/c29-15-7-14-28-21(23(31)27-17-10-5-2-6-11-17)25-13-12-18(33-25)19(20(25)24(28)32)22(30)26-16-8-3-1-4-9-16/h1,3-4,8-9,17-21,29H,2,5-7,10-15H2,(H,26,30)(H,27,31)/t18-,19+,20+,21?,25?/m1/s1. The second-order valence-corrected chi connectivity index (χ2v) is 9.86. The van der Waals surface area contributed by atoms with Gasteiger partial charge in [-0.05, 0) is 44.2 Å². The van der Waals surface area contributed by atoms with Crippen molar-refractivity contribution in [3.05, 3.63) is 30.3 Å². The molecule has 3 amide bonds. The fraction of sp³-hybridized carbons (Fsp3) is 0.640. The van der Waals surface area contributed by atoms with E-state index in [0.717, 1.165) is 25.7 Å². The molecule has 1 spiro atoms. The Balaban J connectivity index is 1.42. The summed E-state index contributed by atoms with van der Waals surface area (Å²) >= 11 is 0. The first-order valence-electron chi connectivity index (χ1n) is 12.3. The number of likely N-dealkylation sites (tertiary alicyclic amines) is 1. The SMILES string of the molecule is O=C(NC1CCCCC1)C1N(CCCO)C(=O)[C@@H]2[C@@H](C(=O)Nc3ccccc3)[C@H]3CCC12O3. The van der Waals surface area contributed by atoms with Crippen LogP contribution in [-0.2, 0) is 19.1 Å². The molecular formula is C25H33N3O5. The van der Waals surface area contributed by atoms with Gasteiger partial charge in [-0.2, -0.15) is 0 Å². The number of aliphatic hydroxyl groups is 1. The van der Waals surface area contributed by atoms with Gasteiger partial charge >= 0.3 is 0 Å². The maximum atomic E-state index is 13.7. The Hall–Kier alpha value is -2.45. The number of aliphatic hydroxyl groups excluding tert-OH is 1. The largest absolute Gasteiger partial charge is 0.396 e. The molecule has 4 aliphatic rings. The van der Waals surface area contributed by atoms with E-state index < -0.39 is 23.5 Å². The summed E-state index contributed by atoms with van der Waals surface area (Å²) in [5, 5.41) is 15.5. The topological polar surface area (TPSA) is 108 Å². The number of hydrogen-bond acceptors (Lipinski definition) is 5. The van der Waals surface area contributed by atoms with Crippen molar-refractivity contribution in [3.63, 3.8) is 0 Å². The molecule has 2 bridgehead atoms. The van der Waals surface area contributed by atoms with E-state index in [-0.39, 0.29) is 43.0 Å². The number of fused-ring (bicyclic) bond motifs is 1. The maximum absolute atomic E-state index is 13.7. The molecular weight excluding hydrogens is 422 g/mol. The summed E-state index contributed by atoms with van der Waals surface area (Å²) in [6.45, 7) is 0.206. The fourth-order valence-corrected chi connectivity index (χ4v) is 6.51. The average molecular weight is 456 g/mol. The summed E-state index contributed by atoms with van der Waals surface area (Å²) in [4.78, 5) is 42.1. The van der Waals surface area contributed by atoms with E-state index in [0.29, 0.717) is 24.9 Å². The number of para-hydroxylation sites is 1. The summed E-state index contributed by atoms with van der Waals surface area (Å²) in [6, 6.07) is 8.54. The molecule has 8 nitrogen and oxygen atoms in total. The van der Waals surface area contributed by atoms with Crippen molar-refractivity contribution < 1.29 is 24.2 Å². The number of anilines is 1. The highest BCUT2D eigenvalue weighted by molar-refractivity contribution is 6.02. The monoisotopic (exact) mass is 455 g/mol. The van der Waals surface area contributed by atoms with Crippen LogP contribution in [0.1, 0.15) is 51.4 Å². The van der Waals surface area contributed by atoms with Gasteiger partial charge in [-0.1, -0.05) is 37.5 Å². The van der Waals surface area contributed by atoms with Gasteiger partial charge in [0.25, 0.3) is 0 Å². The number of nitrogens with one attached hydrogen (secondary N) is 2. The molecule has 4 fully saturated rings. The summed E-state index contributed by atoms with van der Waals surface area (Å²) < 4.78 is 6.41. The molecule has 5 rings (SSSR count). The van der Waals surface area contributed by atoms with Crippen LogP contribution >= 0.6 is 0 Å². The molecule has 0 radical (unpaired) electrons. The van der Waals surface area contributed by atoms with Crippen molar-refractivity contribution in [1.82, 2.24) is 10.2 Å². The highest BCUT2D eigenvalue weighted by atomic mass is 16.5.